The largest absolute Gasteiger partial charge is 0.507 e. The number of phenols is 1. The van der Waals surface area contributed by atoms with Gasteiger partial charge in [0.25, 0.3) is 0 Å². The van der Waals surface area contributed by atoms with Gasteiger partial charge in [0.1, 0.15) is 11.8 Å². The number of nitrogens with zero attached hydrogens (tertiary/aromatic N) is 5. The van der Waals surface area contributed by atoms with Gasteiger partial charge in [-0.15, -0.1) is 0 Å². The number of nitrogens with one attached hydrogen (secondary N) is 1. The molecular formula is C23H24N6O2. The number of piperazine rings is 1. The van der Waals surface area contributed by atoms with E-state index >= 15 is 0 Å². The number of benzene rings is 2. The van der Waals surface area contributed by atoms with Crippen LogP contribution in [-0.4, -0.2) is 64.4 Å². The van der Waals surface area contributed by atoms with Gasteiger partial charge in [0, 0.05) is 55.9 Å². The lowest BCUT2D eigenvalue weighted by Crippen LogP contribution is -2.47. The second kappa shape index (κ2) is 9.43. The summed E-state index contributed by atoms with van der Waals surface area (Å²) in [6.07, 6.45) is 1.66. The zero-order valence-corrected chi connectivity index (χ0v) is 17.1. The Hall–Kier alpha value is -3.67. The molecule has 4 rings (SSSR count). The molecule has 158 valence electrons. The summed E-state index contributed by atoms with van der Waals surface area (Å²) in [5, 5.41) is 31.2. The van der Waals surface area contributed by atoms with Crippen LogP contribution in [0.2, 0.25) is 0 Å². The van der Waals surface area contributed by atoms with Crippen molar-refractivity contribution in [3.05, 3.63) is 60.3 Å². The molecule has 3 aromatic rings. The Bertz CT molecular complexity index is 1090. The fraction of sp³-hybridized carbons (Fsp3) is 0.261. The molecule has 0 radical (unpaired) electrons. The van der Waals surface area contributed by atoms with E-state index in [0.29, 0.717) is 11.6 Å². The summed E-state index contributed by atoms with van der Waals surface area (Å²) in [5.74, 6) is 0.404. The van der Waals surface area contributed by atoms with E-state index in [1.54, 1.807) is 24.4 Å². The Morgan fingerprint density at radius 2 is 1.90 bits per heavy atom. The molecule has 3 N–H and O–H groups in total. The van der Waals surface area contributed by atoms with Crippen molar-refractivity contribution < 1.29 is 10.2 Å². The molecule has 0 saturated carbocycles. The van der Waals surface area contributed by atoms with Gasteiger partial charge >= 0.3 is 0 Å². The zero-order chi connectivity index (χ0) is 21.6. The van der Waals surface area contributed by atoms with Crippen molar-refractivity contribution in [1.82, 2.24) is 14.9 Å². The van der Waals surface area contributed by atoms with E-state index in [2.05, 4.69) is 37.2 Å². The predicted octanol–water partition coefficient (Wildman–Crippen LogP) is 2.58. The van der Waals surface area contributed by atoms with E-state index in [1.807, 2.05) is 18.2 Å². The first-order valence-electron chi connectivity index (χ1n) is 10.2. The van der Waals surface area contributed by atoms with Crippen LogP contribution in [0.3, 0.4) is 0 Å². The van der Waals surface area contributed by atoms with Gasteiger partial charge in [0.05, 0.1) is 17.9 Å². The van der Waals surface area contributed by atoms with Gasteiger partial charge in [-0.25, -0.2) is 9.97 Å². The van der Waals surface area contributed by atoms with Gasteiger partial charge in [-0.3, -0.25) is 4.90 Å². The fourth-order valence-corrected chi connectivity index (χ4v) is 3.65. The number of anilines is 3. The highest BCUT2D eigenvalue weighted by Gasteiger charge is 2.17. The number of hydrogen-bond donors (Lipinski definition) is 3. The van der Waals surface area contributed by atoms with Crippen LogP contribution in [0.15, 0.2) is 54.7 Å². The molecule has 31 heavy (non-hydrogen) atoms. The minimum Gasteiger partial charge on any atom is -0.507 e. The first kappa shape index (κ1) is 20.6. The maximum atomic E-state index is 9.72. The summed E-state index contributed by atoms with van der Waals surface area (Å²) in [6, 6.07) is 16.7. The lowest BCUT2D eigenvalue weighted by molar-refractivity contribution is 0.189. The van der Waals surface area contributed by atoms with E-state index in [0.717, 1.165) is 49.7 Å². The maximum Gasteiger partial charge on any atom is 0.227 e. The van der Waals surface area contributed by atoms with Crippen LogP contribution in [0.5, 0.6) is 5.75 Å². The lowest BCUT2D eigenvalue weighted by atomic mass is 10.1. The Kier molecular flexibility index (Phi) is 6.26. The molecule has 0 amide bonds. The molecule has 0 aliphatic carbocycles. The second-order valence-electron chi connectivity index (χ2n) is 7.34. The van der Waals surface area contributed by atoms with Crippen LogP contribution >= 0.6 is 0 Å². The average Bonchev–Trinajstić information content (AvgIpc) is 2.80. The van der Waals surface area contributed by atoms with Gasteiger partial charge in [-0.1, -0.05) is 6.07 Å². The summed E-state index contributed by atoms with van der Waals surface area (Å²) in [7, 11) is 0. The van der Waals surface area contributed by atoms with Crippen molar-refractivity contribution in [3.8, 4) is 23.1 Å². The van der Waals surface area contributed by atoms with Crippen molar-refractivity contribution in [2.24, 2.45) is 0 Å². The number of β-amino-alcohol motifs (C(OH)–C–C–N with tert-alkyl or cyclic N) is 1. The minimum atomic E-state index is -0.0485. The van der Waals surface area contributed by atoms with Crippen molar-refractivity contribution in [2.75, 3.05) is 49.5 Å². The third-order valence-corrected chi connectivity index (χ3v) is 5.32. The van der Waals surface area contributed by atoms with Crippen molar-refractivity contribution in [3.63, 3.8) is 0 Å². The van der Waals surface area contributed by atoms with Crippen LogP contribution in [0, 0.1) is 11.3 Å². The van der Waals surface area contributed by atoms with Crippen LogP contribution in [-0.2, 0) is 0 Å². The Morgan fingerprint density at radius 3 is 2.68 bits per heavy atom. The molecule has 1 aliphatic rings. The number of phenolic OH excluding ortho intramolecular Hbond substituents is 1. The molecular weight excluding hydrogens is 392 g/mol. The SMILES string of the molecule is N#Cc1cc(-c2ccnc(Nc3cccc(N4CCN(CCO)CC4)c3)n2)ccc1O. The van der Waals surface area contributed by atoms with Gasteiger partial charge in [0.15, 0.2) is 0 Å². The number of aromatic nitrogens is 2. The molecule has 8 nitrogen and oxygen atoms in total. The smallest absolute Gasteiger partial charge is 0.227 e. The molecule has 1 fully saturated rings. The average molecular weight is 416 g/mol. The standard InChI is InChI=1S/C23H24N6O2/c24-16-18-14-17(4-5-22(18)31)21-6-7-25-23(27-21)26-19-2-1-3-20(15-19)29-10-8-28(9-11-29)12-13-30/h1-7,14-15,30-31H,8-13H2,(H,25,26,27). The highest BCUT2D eigenvalue weighted by molar-refractivity contribution is 5.67. The normalized spacial score (nSPS) is 14.3. The molecule has 0 bridgehead atoms. The predicted molar refractivity (Wildman–Crippen MR) is 119 cm³/mol. The summed E-state index contributed by atoms with van der Waals surface area (Å²) in [5.41, 5.74) is 3.61. The lowest BCUT2D eigenvalue weighted by Gasteiger charge is -2.35. The van der Waals surface area contributed by atoms with E-state index < -0.39 is 0 Å². The number of aliphatic hydroxyl groups is 1. The minimum absolute atomic E-state index is 0.0485. The van der Waals surface area contributed by atoms with E-state index in [9.17, 15) is 5.11 Å². The molecule has 1 aromatic heterocycles. The Labute approximate surface area is 181 Å². The van der Waals surface area contributed by atoms with Crippen LogP contribution in [0.1, 0.15) is 5.56 Å². The number of aromatic hydroxyl groups is 1. The Morgan fingerprint density at radius 1 is 1.06 bits per heavy atom. The van der Waals surface area contributed by atoms with E-state index in [4.69, 9.17) is 10.4 Å². The molecule has 0 spiro atoms. The number of hydrogen-bond acceptors (Lipinski definition) is 8. The van der Waals surface area contributed by atoms with E-state index in [1.165, 1.54) is 6.07 Å². The monoisotopic (exact) mass is 416 g/mol. The van der Waals surface area contributed by atoms with Crippen LogP contribution in [0.25, 0.3) is 11.3 Å². The van der Waals surface area contributed by atoms with Gasteiger partial charge in [-0.05, 0) is 42.5 Å². The quantitative estimate of drug-likeness (QED) is 0.563. The van der Waals surface area contributed by atoms with Crippen molar-refractivity contribution in [2.45, 2.75) is 0 Å². The van der Waals surface area contributed by atoms with Gasteiger partial charge in [0.2, 0.25) is 5.95 Å². The molecule has 0 atom stereocenters. The van der Waals surface area contributed by atoms with E-state index in [-0.39, 0.29) is 17.9 Å². The Balaban J connectivity index is 1.49. The first-order valence-corrected chi connectivity index (χ1v) is 10.2. The summed E-state index contributed by atoms with van der Waals surface area (Å²) in [6.45, 7) is 4.61. The zero-order valence-electron chi connectivity index (χ0n) is 17.1. The third kappa shape index (κ3) is 4.91. The second-order valence-corrected chi connectivity index (χ2v) is 7.34. The third-order valence-electron chi connectivity index (χ3n) is 5.32. The molecule has 8 heteroatoms. The highest BCUT2D eigenvalue weighted by Crippen LogP contribution is 2.26. The highest BCUT2D eigenvalue weighted by atomic mass is 16.3. The number of nitriles is 1. The maximum absolute atomic E-state index is 9.72. The molecule has 1 aliphatic heterocycles. The topological polar surface area (TPSA) is 109 Å². The molecule has 1 saturated heterocycles. The van der Waals surface area contributed by atoms with Crippen molar-refractivity contribution in [1.29, 1.82) is 5.26 Å². The summed E-state index contributed by atoms with van der Waals surface area (Å²) >= 11 is 0. The molecule has 2 aromatic carbocycles. The summed E-state index contributed by atoms with van der Waals surface area (Å²) < 4.78 is 0. The molecule has 0 unspecified atom stereocenters. The van der Waals surface area contributed by atoms with Gasteiger partial charge in [-0.2, -0.15) is 5.26 Å². The van der Waals surface area contributed by atoms with Crippen LogP contribution in [0.4, 0.5) is 17.3 Å². The number of aliphatic hydroxyl groups excluding tert-OH is 1. The summed E-state index contributed by atoms with van der Waals surface area (Å²) in [4.78, 5) is 13.5. The van der Waals surface area contributed by atoms with Gasteiger partial charge < -0.3 is 20.4 Å². The van der Waals surface area contributed by atoms with Crippen LogP contribution < -0.4 is 10.2 Å². The fourth-order valence-electron chi connectivity index (χ4n) is 3.65. The van der Waals surface area contributed by atoms with Crippen molar-refractivity contribution >= 4 is 17.3 Å². The number of rotatable bonds is 6. The first-order chi connectivity index (χ1) is 15.2. The molecule has 2 heterocycles.